The van der Waals surface area contributed by atoms with Gasteiger partial charge >= 0.3 is 6.03 Å². The number of hydrogen-bond donors (Lipinski definition) is 1. The van der Waals surface area contributed by atoms with Gasteiger partial charge in [-0.2, -0.15) is 11.8 Å². The average Bonchev–Trinajstić information content (AvgIpc) is 3.09. The van der Waals surface area contributed by atoms with E-state index < -0.39 is 0 Å². The number of urea groups is 1. The molecule has 1 N–H and O–H groups in total. The summed E-state index contributed by atoms with van der Waals surface area (Å²) >= 11 is 2.00. The Morgan fingerprint density at radius 3 is 3.05 bits per heavy atom. The number of thioether (sulfide) groups is 1. The summed E-state index contributed by atoms with van der Waals surface area (Å²) in [7, 11) is 1.82. The zero-order valence-electron chi connectivity index (χ0n) is 12.5. The monoisotopic (exact) mass is 296 g/mol. The molecular weight excluding hydrogens is 272 g/mol. The van der Waals surface area contributed by atoms with Crippen molar-refractivity contribution in [3.8, 4) is 0 Å². The van der Waals surface area contributed by atoms with Crippen molar-refractivity contribution >= 4 is 17.8 Å². The molecule has 0 saturated heterocycles. The summed E-state index contributed by atoms with van der Waals surface area (Å²) in [6, 6.07) is 4.00. The predicted octanol–water partition coefficient (Wildman–Crippen LogP) is 3.66. The molecule has 1 heterocycles. The first-order valence-electron chi connectivity index (χ1n) is 7.30. The Morgan fingerprint density at radius 2 is 2.40 bits per heavy atom. The van der Waals surface area contributed by atoms with Gasteiger partial charge in [-0.25, -0.2) is 4.79 Å². The summed E-state index contributed by atoms with van der Waals surface area (Å²) < 4.78 is 5.36. The highest BCUT2D eigenvalue weighted by Crippen LogP contribution is 2.30. The lowest BCUT2D eigenvalue weighted by atomic mass is 10.2. The van der Waals surface area contributed by atoms with Gasteiger partial charge in [0.25, 0.3) is 0 Å². The van der Waals surface area contributed by atoms with Gasteiger partial charge < -0.3 is 14.6 Å². The largest absolute Gasteiger partial charge is 0.467 e. The lowest BCUT2D eigenvalue weighted by Crippen LogP contribution is -2.43. The molecule has 1 aromatic rings. The third-order valence-corrected chi connectivity index (χ3v) is 5.20. The maximum Gasteiger partial charge on any atom is 0.317 e. The van der Waals surface area contributed by atoms with E-state index in [0.29, 0.717) is 11.3 Å². The molecule has 1 aliphatic carbocycles. The molecule has 5 heteroatoms. The molecule has 2 amide bonds. The predicted molar refractivity (Wildman–Crippen MR) is 83.0 cm³/mol. The summed E-state index contributed by atoms with van der Waals surface area (Å²) in [4.78, 5) is 14.0. The quantitative estimate of drug-likeness (QED) is 0.902. The maximum absolute atomic E-state index is 12.3. The van der Waals surface area contributed by atoms with Crippen LogP contribution in [0.3, 0.4) is 0 Å². The number of nitrogens with zero attached hydrogens (tertiary/aromatic N) is 1. The Morgan fingerprint density at radius 1 is 1.60 bits per heavy atom. The average molecular weight is 296 g/mol. The summed E-state index contributed by atoms with van der Waals surface area (Å²) in [6.07, 6.45) is 5.03. The fourth-order valence-electron chi connectivity index (χ4n) is 2.63. The number of carbonyl (C=O) groups is 1. The highest BCUT2D eigenvalue weighted by atomic mass is 32.2. The Labute approximate surface area is 125 Å². The van der Waals surface area contributed by atoms with Gasteiger partial charge in [-0.15, -0.1) is 0 Å². The Hall–Kier alpha value is -1.10. The topological polar surface area (TPSA) is 45.5 Å². The third-order valence-electron chi connectivity index (χ3n) is 3.97. The van der Waals surface area contributed by atoms with Crippen LogP contribution in [0.25, 0.3) is 0 Å². The molecule has 1 aromatic heterocycles. The van der Waals surface area contributed by atoms with Gasteiger partial charge in [-0.3, -0.25) is 0 Å². The number of furan rings is 1. The molecule has 0 spiro atoms. The maximum atomic E-state index is 12.3. The third kappa shape index (κ3) is 3.72. The molecule has 0 aliphatic heterocycles. The van der Waals surface area contributed by atoms with Gasteiger partial charge in [0, 0.05) is 18.3 Å². The van der Waals surface area contributed by atoms with Gasteiger partial charge in [0.1, 0.15) is 5.76 Å². The first-order valence-corrected chi connectivity index (χ1v) is 8.35. The highest BCUT2D eigenvalue weighted by Gasteiger charge is 2.28. The molecule has 0 bridgehead atoms. The number of rotatable bonds is 5. The van der Waals surface area contributed by atoms with Gasteiger partial charge in [0.2, 0.25) is 0 Å². The molecule has 1 saturated carbocycles. The molecule has 4 nitrogen and oxygen atoms in total. The molecule has 20 heavy (non-hydrogen) atoms. The van der Waals surface area contributed by atoms with E-state index in [0.717, 1.165) is 24.4 Å². The van der Waals surface area contributed by atoms with Gasteiger partial charge in [-0.1, -0.05) is 6.92 Å². The minimum absolute atomic E-state index is 0.0129. The van der Waals surface area contributed by atoms with E-state index in [4.69, 9.17) is 4.42 Å². The van der Waals surface area contributed by atoms with Crippen LogP contribution in [-0.4, -0.2) is 35.0 Å². The summed E-state index contributed by atoms with van der Waals surface area (Å²) in [5.74, 6) is 1.97. The van der Waals surface area contributed by atoms with Crippen molar-refractivity contribution in [3.63, 3.8) is 0 Å². The zero-order chi connectivity index (χ0) is 14.5. The lowest BCUT2D eigenvalue weighted by molar-refractivity contribution is 0.183. The summed E-state index contributed by atoms with van der Waals surface area (Å²) in [6.45, 7) is 4.16. The highest BCUT2D eigenvalue weighted by molar-refractivity contribution is 7.99. The number of nitrogens with one attached hydrogen (secondary N) is 1. The van der Waals surface area contributed by atoms with Crippen LogP contribution < -0.4 is 5.32 Å². The molecule has 0 radical (unpaired) electrons. The molecule has 3 atom stereocenters. The van der Waals surface area contributed by atoms with Crippen LogP contribution in [0.15, 0.2) is 22.8 Å². The molecule has 2 rings (SSSR count). The second kappa shape index (κ2) is 7.07. The fourth-order valence-corrected chi connectivity index (χ4v) is 3.77. The fraction of sp³-hybridized carbons (Fsp3) is 0.667. The van der Waals surface area contributed by atoms with Gasteiger partial charge in [-0.05, 0) is 44.1 Å². The van der Waals surface area contributed by atoms with E-state index in [2.05, 4.69) is 12.2 Å². The lowest BCUT2D eigenvalue weighted by Gasteiger charge is -2.25. The van der Waals surface area contributed by atoms with Crippen LogP contribution in [0.4, 0.5) is 4.79 Å². The van der Waals surface area contributed by atoms with Crippen LogP contribution in [0.5, 0.6) is 0 Å². The Balaban J connectivity index is 1.83. The van der Waals surface area contributed by atoms with E-state index in [1.165, 1.54) is 6.42 Å². The van der Waals surface area contributed by atoms with Crippen LogP contribution in [0, 0.1) is 0 Å². The van der Waals surface area contributed by atoms with E-state index in [1.54, 1.807) is 11.2 Å². The first kappa shape index (κ1) is 15.3. The van der Waals surface area contributed by atoms with Crippen LogP contribution >= 0.6 is 11.8 Å². The Kier molecular flexibility index (Phi) is 5.40. The molecule has 1 fully saturated rings. The van der Waals surface area contributed by atoms with Crippen molar-refractivity contribution in [2.45, 2.75) is 50.4 Å². The smallest absolute Gasteiger partial charge is 0.317 e. The SMILES string of the molecule is CCS[C@@H]1CC[C@H](NC(=O)N(C)[C@H](C)c2ccco2)C1. The summed E-state index contributed by atoms with van der Waals surface area (Å²) in [5.41, 5.74) is 0. The van der Waals surface area contributed by atoms with Crippen LogP contribution in [0.2, 0.25) is 0 Å². The minimum atomic E-state index is -0.0489. The van der Waals surface area contributed by atoms with Gasteiger partial charge in [0.05, 0.1) is 12.3 Å². The minimum Gasteiger partial charge on any atom is -0.467 e. The molecule has 0 unspecified atom stereocenters. The van der Waals surface area contributed by atoms with Crippen LogP contribution in [0.1, 0.15) is 44.9 Å². The Bertz CT molecular complexity index is 422. The molecule has 112 valence electrons. The number of hydrogen-bond acceptors (Lipinski definition) is 3. The van der Waals surface area contributed by atoms with Crippen molar-refractivity contribution < 1.29 is 9.21 Å². The van der Waals surface area contributed by atoms with Crippen molar-refractivity contribution in [1.29, 1.82) is 0 Å². The van der Waals surface area contributed by atoms with Crippen molar-refractivity contribution in [2.75, 3.05) is 12.8 Å². The van der Waals surface area contributed by atoms with Crippen molar-refractivity contribution in [3.05, 3.63) is 24.2 Å². The van der Waals surface area contributed by atoms with Gasteiger partial charge in [0.15, 0.2) is 0 Å². The van der Waals surface area contributed by atoms with E-state index in [1.807, 2.05) is 37.9 Å². The van der Waals surface area contributed by atoms with E-state index in [-0.39, 0.29) is 12.1 Å². The first-order chi connectivity index (χ1) is 9.61. The second-order valence-electron chi connectivity index (χ2n) is 5.34. The summed E-state index contributed by atoms with van der Waals surface area (Å²) in [5, 5.41) is 3.85. The number of amides is 2. The van der Waals surface area contributed by atoms with Crippen molar-refractivity contribution in [2.24, 2.45) is 0 Å². The molecule has 0 aromatic carbocycles. The number of carbonyl (C=O) groups excluding carboxylic acids is 1. The normalized spacial score (nSPS) is 23.6. The van der Waals surface area contributed by atoms with E-state index >= 15 is 0 Å². The zero-order valence-corrected chi connectivity index (χ0v) is 13.3. The van der Waals surface area contributed by atoms with E-state index in [9.17, 15) is 4.79 Å². The standard InChI is InChI=1S/C15H24N2O2S/c1-4-20-13-8-7-12(10-13)16-15(18)17(3)11(2)14-6-5-9-19-14/h5-6,9,11-13H,4,7-8,10H2,1-3H3,(H,16,18)/t11-,12+,13-/m1/s1. The second-order valence-corrected chi connectivity index (χ2v) is 6.92. The molecular formula is C15H24N2O2S. The molecule has 1 aliphatic rings. The van der Waals surface area contributed by atoms with Crippen LogP contribution in [-0.2, 0) is 0 Å². The van der Waals surface area contributed by atoms with Crippen molar-refractivity contribution in [1.82, 2.24) is 10.2 Å².